The molecular formula is C16H13NO2. The summed E-state index contributed by atoms with van der Waals surface area (Å²) in [5.41, 5.74) is 3.23. The van der Waals surface area contributed by atoms with Crippen LogP contribution in [0.25, 0.3) is 0 Å². The highest BCUT2D eigenvalue weighted by Gasteiger charge is 2.30. The first-order chi connectivity index (χ1) is 9.16. The smallest absolute Gasteiger partial charge is 0.239 e. The predicted octanol–water partition coefficient (Wildman–Crippen LogP) is 3.25. The molecule has 0 saturated heterocycles. The summed E-state index contributed by atoms with van der Waals surface area (Å²) in [6.45, 7) is 2.00. The highest BCUT2D eigenvalue weighted by Crippen LogP contribution is 2.33. The molecule has 1 aliphatic rings. The molecule has 94 valence electrons. The Morgan fingerprint density at radius 1 is 0.947 bits per heavy atom. The van der Waals surface area contributed by atoms with Crippen molar-refractivity contribution in [1.29, 1.82) is 0 Å². The van der Waals surface area contributed by atoms with Crippen molar-refractivity contribution in [2.45, 2.75) is 13.3 Å². The zero-order valence-electron chi connectivity index (χ0n) is 10.6. The van der Waals surface area contributed by atoms with Gasteiger partial charge in [-0.15, -0.1) is 0 Å². The van der Waals surface area contributed by atoms with Gasteiger partial charge in [0.05, 0.1) is 12.1 Å². The number of amides is 1. The number of benzene rings is 2. The molecule has 3 nitrogen and oxygen atoms in total. The molecule has 0 atom stereocenters. The Bertz CT molecular complexity index is 659. The average Bonchev–Trinajstić information content (AvgIpc) is 2.41. The predicted molar refractivity (Wildman–Crippen MR) is 73.7 cm³/mol. The maximum absolute atomic E-state index is 12.2. The second kappa shape index (κ2) is 4.35. The minimum atomic E-state index is -0.174. The molecule has 2 aromatic rings. The molecule has 0 aliphatic carbocycles. The Balaban J connectivity index is 2.15. The lowest BCUT2D eigenvalue weighted by atomic mass is 9.99. The van der Waals surface area contributed by atoms with E-state index < -0.39 is 0 Å². The summed E-state index contributed by atoms with van der Waals surface area (Å²) in [6, 6.07) is 15.0. The molecule has 0 bridgehead atoms. The van der Waals surface area contributed by atoms with Crippen LogP contribution in [0.2, 0.25) is 0 Å². The fourth-order valence-corrected chi connectivity index (χ4v) is 2.33. The number of hydrogen-bond donors (Lipinski definition) is 0. The van der Waals surface area contributed by atoms with Crippen LogP contribution < -0.4 is 4.90 Å². The van der Waals surface area contributed by atoms with Crippen molar-refractivity contribution in [1.82, 2.24) is 0 Å². The first kappa shape index (κ1) is 11.7. The quantitative estimate of drug-likeness (QED) is 0.729. The van der Waals surface area contributed by atoms with E-state index in [-0.39, 0.29) is 18.1 Å². The molecule has 2 aromatic carbocycles. The topological polar surface area (TPSA) is 37.4 Å². The van der Waals surface area contributed by atoms with Gasteiger partial charge in [0, 0.05) is 11.3 Å². The van der Waals surface area contributed by atoms with Crippen molar-refractivity contribution < 1.29 is 9.59 Å². The lowest BCUT2D eigenvalue weighted by Gasteiger charge is -2.28. The van der Waals surface area contributed by atoms with Gasteiger partial charge in [-0.2, -0.15) is 0 Å². The van der Waals surface area contributed by atoms with E-state index >= 15 is 0 Å². The van der Waals surface area contributed by atoms with Crippen molar-refractivity contribution in [3.05, 3.63) is 59.7 Å². The molecule has 3 rings (SSSR count). The van der Waals surface area contributed by atoms with Crippen LogP contribution in [0.4, 0.5) is 11.4 Å². The van der Waals surface area contributed by atoms with Gasteiger partial charge in [-0.25, -0.2) is 0 Å². The summed E-state index contributed by atoms with van der Waals surface area (Å²) in [7, 11) is 0. The number of fused-ring (bicyclic) bond motifs is 1. The summed E-state index contributed by atoms with van der Waals surface area (Å²) < 4.78 is 0. The molecule has 0 unspecified atom stereocenters. The molecule has 1 amide bonds. The Kier molecular flexibility index (Phi) is 2.67. The van der Waals surface area contributed by atoms with Gasteiger partial charge in [0.25, 0.3) is 0 Å². The molecule has 0 spiro atoms. The number of aryl methyl sites for hydroxylation is 1. The van der Waals surface area contributed by atoms with Gasteiger partial charge in [-0.05, 0) is 31.2 Å². The van der Waals surface area contributed by atoms with Gasteiger partial charge in [0.15, 0.2) is 5.78 Å². The third kappa shape index (κ3) is 1.93. The maximum Gasteiger partial charge on any atom is 0.239 e. The average molecular weight is 251 g/mol. The minimum Gasteiger partial charge on any atom is -0.294 e. The van der Waals surface area contributed by atoms with Crippen molar-refractivity contribution in [2.24, 2.45) is 0 Å². The fraction of sp³-hybridized carbons (Fsp3) is 0.125. The van der Waals surface area contributed by atoms with Crippen LogP contribution in [-0.2, 0) is 4.79 Å². The second-order valence-corrected chi connectivity index (χ2v) is 4.68. The number of rotatable bonds is 1. The third-order valence-corrected chi connectivity index (χ3v) is 3.30. The van der Waals surface area contributed by atoms with Crippen molar-refractivity contribution >= 4 is 23.1 Å². The monoisotopic (exact) mass is 251 g/mol. The maximum atomic E-state index is 12.2. The summed E-state index contributed by atoms with van der Waals surface area (Å²) in [5.74, 6) is -0.281. The second-order valence-electron chi connectivity index (χ2n) is 4.68. The highest BCUT2D eigenvalue weighted by molar-refractivity contribution is 6.22. The van der Waals surface area contributed by atoms with Gasteiger partial charge in [0.1, 0.15) is 0 Å². The number of hydrogen-bond acceptors (Lipinski definition) is 2. The van der Waals surface area contributed by atoms with Crippen LogP contribution in [0.1, 0.15) is 22.3 Å². The van der Waals surface area contributed by atoms with Gasteiger partial charge in [-0.3, -0.25) is 14.5 Å². The highest BCUT2D eigenvalue weighted by atomic mass is 16.2. The van der Waals surface area contributed by atoms with E-state index in [4.69, 9.17) is 0 Å². The zero-order valence-corrected chi connectivity index (χ0v) is 10.6. The summed E-state index contributed by atoms with van der Waals surface area (Å²) in [6.07, 6.45) is -0.0646. The van der Waals surface area contributed by atoms with E-state index in [1.54, 1.807) is 11.0 Å². The zero-order chi connectivity index (χ0) is 13.4. The van der Waals surface area contributed by atoms with Gasteiger partial charge in [0.2, 0.25) is 5.91 Å². The molecule has 1 aliphatic heterocycles. The molecular weight excluding hydrogens is 238 g/mol. The van der Waals surface area contributed by atoms with E-state index in [0.29, 0.717) is 11.3 Å². The van der Waals surface area contributed by atoms with Crippen LogP contribution in [0.15, 0.2) is 48.5 Å². The normalized spacial score (nSPS) is 14.5. The molecule has 0 aromatic heterocycles. The van der Waals surface area contributed by atoms with Crippen LogP contribution in [0, 0.1) is 6.92 Å². The van der Waals surface area contributed by atoms with Crippen LogP contribution in [-0.4, -0.2) is 11.7 Å². The van der Waals surface area contributed by atoms with Crippen LogP contribution in [0.3, 0.4) is 0 Å². The Labute approximate surface area is 111 Å². The van der Waals surface area contributed by atoms with Crippen molar-refractivity contribution in [2.75, 3.05) is 4.90 Å². The molecule has 0 N–H and O–H groups in total. The number of para-hydroxylation sites is 1. The Morgan fingerprint density at radius 2 is 1.63 bits per heavy atom. The Morgan fingerprint density at radius 3 is 2.37 bits per heavy atom. The van der Waals surface area contributed by atoms with E-state index in [1.807, 2.05) is 49.4 Å². The summed E-state index contributed by atoms with van der Waals surface area (Å²) in [5, 5.41) is 0. The number of carbonyl (C=O) groups is 2. The molecule has 0 fully saturated rings. The van der Waals surface area contributed by atoms with E-state index in [2.05, 4.69) is 0 Å². The van der Waals surface area contributed by atoms with Crippen LogP contribution >= 0.6 is 0 Å². The SMILES string of the molecule is Cc1ccc(N2C(=O)CC(=O)c3ccccc32)cc1. The molecule has 1 heterocycles. The first-order valence-corrected chi connectivity index (χ1v) is 6.18. The number of ketones is 1. The number of nitrogens with zero attached hydrogens (tertiary/aromatic N) is 1. The van der Waals surface area contributed by atoms with Gasteiger partial charge < -0.3 is 0 Å². The van der Waals surface area contributed by atoms with Crippen LogP contribution in [0.5, 0.6) is 0 Å². The van der Waals surface area contributed by atoms with E-state index in [1.165, 1.54) is 0 Å². The molecule has 3 heteroatoms. The van der Waals surface area contributed by atoms with Crippen molar-refractivity contribution in [3.63, 3.8) is 0 Å². The fourth-order valence-electron chi connectivity index (χ4n) is 2.33. The number of Topliss-reactive ketones (excluding diaryl/α,β-unsaturated/α-hetero) is 1. The lowest BCUT2D eigenvalue weighted by Crippen LogP contribution is -2.33. The standard InChI is InChI=1S/C16H13NO2/c1-11-6-8-12(9-7-11)17-14-5-3-2-4-13(14)15(18)10-16(17)19/h2-9H,10H2,1H3. The largest absolute Gasteiger partial charge is 0.294 e. The van der Waals surface area contributed by atoms with Crippen molar-refractivity contribution in [3.8, 4) is 0 Å². The third-order valence-electron chi connectivity index (χ3n) is 3.30. The molecule has 19 heavy (non-hydrogen) atoms. The Hall–Kier alpha value is -2.42. The van der Waals surface area contributed by atoms with Gasteiger partial charge >= 0.3 is 0 Å². The number of anilines is 2. The summed E-state index contributed by atoms with van der Waals surface area (Å²) >= 11 is 0. The lowest BCUT2D eigenvalue weighted by molar-refractivity contribution is -0.117. The van der Waals surface area contributed by atoms with Gasteiger partial charge in [-0.1, -0.05) is 29.8 Å². The molecule has 0 saturated carbocycles. The number of carbonyl (C=O) groups excluding carboxylic acids is 2. The minimum absolute atomic E-state index is 0.0646. The van der Waals surface area contributed by atoms with E-state index in [0.717, 1.165) is 11.3 Å². The summed E-state index contributed by atoms with van der Waals surface area (Å²) in [4.78, 5) is 25.7. The molecule has 0 radical (unpaired) electrons. The first-order valence-electron chi connectivity index (χ1n) is 6.18. The van der Waals surface area contributed by atoms with E-state index in [9.17, 15) is 9.59 Å².